The van der Waals surface area contributed by atoms with Crippen molar-refractivity contribution in [2.45, 2.75) is 180 Å². The second kappa shape index (κ2) is 33.1. The lowest BCUT2D eigenvalue weighted by atomic mass is 9.92. The molecule has 24 N–H and O–H groups in total. The van der Waals surface area contributed by atoms with Crippen molar-refractivity contribution in [1.29, 1.82) is 10.8 Å². The summed E-state index contributed by atoms with van der Waals surface area (Å²) in [6.07, 6.45) is -30.7. The number of benzene rings is 2. The number of hydrogen-bond donors (Lipinski definition) is 24. The van der Waals surface area contributed by atoms with E-state index in [4.69, 9.17) is 39.2 Å². The molecule has 6 heterocycles. The molecule has 0 bridgehead atoms. The number of nitrogens with one attached hydrogen (secondary N) is 11. The lowest BCUT2D eigenvalue weighted by Crippen LogP contribution is -2.69. The van der Waals surface area contributed by atoms with E-state index in [0.717, 1.165) is 4.90 Å². The van der Waals surface area contributed by atoms with Crippen molar-refractivity contribution in [3.05, 3.63) is 77.4 Å². The molecule has 6 aliphatic rings. The molecule has 6 saturated heterocycles. The lowest BCUT2D eigenvalue weighted by Gasteiger charge is -2.46. The Bertz CT molecular complexity index is 3140. The number of aliphatic hydroxyl groups is 13. The highest BCUT2D eigenvalue weighted by Crippen LogP contribution is 2.33. The minimum atomic E-state index is -2.37. The molecule has 2 aromatic carbocycles. The van der Waals surface area contributed by atoms with Crippen LogP contribution in [0.3, 0.4) is 0 Å². The normalized spacial score (nSPS) is 36.1. The van der Waals surface area contributed by atoms with Gasteiger partial charge in [-0.3, -0.25) is 39.6 Å². The second-order valence-corrected chi connectivity index (χ2v) is 24.0. The molecule has 0 aromatic heterocycles. The van der Waals surface area contributed by atoms with Gasteiger partial charge in [-0.05, 0) is 37.1 Å². The zero-order valence-corrected chi connectivity index (χ0v) is 52.4. The van der Waals surface area contributed by atoms with Crippen LogP contribution in [0.4, 0.5) is 0 Å². The molecule has 38 heteroatoms. The summed E-state index contributed by atoms with van der Waals surface area (Å²) >= 11 is 0. The average Bonchev–Trinajstić information content (AvgIpc) is 1.77. The van der Waals surface area contributed by atoms with Crippen molar-refractivity contribution in [3.8, 4) is 5.75 Å². The summed E-state index contributed by atoms with van der Waals surface area (Å²) in [6.45, 7) is -1.00. The van der Waals surface area contributed by atoms with Crippen LogP contribution in [0.1, 0.15) is 37.8 Å². The quantitative estimate of drug-likeness (QED) is 0.0459. The highest BCUT2D eigenvalue weighted by molar-refractivity contribution is 5.98. The van der Waals surface area contributed by atoms with E-state index in [1.165, 1.54) is 37.3 Å². The summed E-state index contributed by atoms with van der Waals surface area (Å²) < 4.78 is 34.0. The molecule has 536 valence electrons. The standard InChI is InChI=1S/C59H84N12O26/c1-4-22(2)55(91)96-47-32(20-74)95-57(46(85)42(47)81)97-48-33(21-75)94-56(45(84)43(48)82)92-26-12-10-24(11-13-26)14-27-50(87)69-36(38(77)28-15-63-58(60)67-28)53(90)70-37(39(78)30-16-64-59(61)71(30)54-44(83)41(80)40(79)31(19-73)93-54)52(89)66-29(18-72)49(86)62-17-34(76)68-35(51(88)65-27)23(3)25-8-6-5-7-9-25/h4-13,23,27-33,35-48,54,56-57,72-75,77-85H,14-21H2,1-3H3,(H2,61,64)(H,62,86)(H,65,88)(H,66,89)(H,68,76)(H,69,87)(H,70,90)(H3,60,63,67)/b22-4+. The molecule has 2 aromatic rings. The van der Waals surface area contributed by atoms with E-state index in [9.17, 15) is 90.4 Å². The van der Waals surface area contributed by atoms with E-state index in [0.29, 0.717) is 5.56 Å². The third-order valence-electron chi connectivity index (χ3n) is 17.6. The van der Waals surface area contributed by atoms with Gasteiger partial charge in [0.05, 0.1) is 45.1 Å². The first-order chi connectivity index (χ1) is 46.1. The Hall–Kier alpha value is -7.87. The summed E-state index contributed by atoms with van der Waals surface area (Å²) in [5.41, 5.74) is 0.826. The molecule has 0 aliphatic carbocycles. The van der Waals surface area contributed by atoms with Crippen molar-refractivity contribution >= 4 is 53.3 Å². The molecular weight excluding hydrogens is 1290 g/mol. The molecule has 25 atom stereocenters. The fourth-order valence-corrected chi connectivity index (χ4v) is 11.7. The number of guanidine groups is 2. The Morgan fingerprint density at radius 2 is 1.20 bits per heavy atom. The van der Waals surface area contributed by atoms with Crippen LogP contribution in [0.15, 0.2) is 66.2 Å². The zero-order chi connectivity index (χ0) is 70.9. The van der Waals surface area contributed by atoms with Crippen molar-refractivity contribution < 1.29 is 128 Å². The van der Waals surface area contributed by atoms with E-state index >= 15 is 9.59 Å². The van der Waals surface area contributed by atoms with E-state index in [-0.39, 0.29) is 29.4 Å². The van der Waals surface area contributed by atoms with Crippen LogP contribution in [0, 0.1) is 10.8 Å². The van der Waals surface area contributed by atoms with Crippen LogP contribution >= 0.6 is 0 Å². The Kier molecular flexibility index (Phi) is 25.6. The Morgan fingerprint density at radius 3 is 1.82 bits per heavy atom. The Balaban J connectivity index is 1.09. The van der Waals surface area contributed by atoms with E-state index in [1.54, 1.807) is 44.2 Å². The third-order valence-corrected chi connectivity index (χ3v) is 17.6. The van der Waals surface area contributed by atoms with Crippen LogP contribution in [0.2, 0.25) is 0 Å². The maximum Gasteiger partial charge on any atom is 0.333 e. The van der Waals surface area contributed by atoms with Gasteiger partial charge in [0.1, 0.15) is 115 Å². The largest absolute Gasteiger partial charge is 0.462 e. The maximum atomic E-state index is 15.2. The monoisotopic (exact) mass is 1380 g/mol. The first kappa shape index (κ1) is 74.9. The minimum absolute atomic E-state index is 0.0924. The van der Waals surface area contributed by atoms with Crippen molar-refractivity contribution in [2.75, 3.05) is 46.1 Å². The molecule has 0 radical (unpaired) electrons. The first-order valence-corrected chi connectivity index (χ1v) is 31.0. The summed E-state index contributed by atoms with van der Waals surface area (Å²) in [4.78, 5) is 101. The van der Waals surface area contributed by atoms with Crippen molar-refractivity contribution in [2.24, 2.45) is 0 Å². The molecule has 97 heavy (non-hydrogen) atoms. The number of esters is 1. The number of rotatable bonds is 19. The molecule has 0 saturated carbocycles. The van der Waals surface area contributed by atoms with Gasteiger partial charge >= 0.3 is 5.97 Å². The molecule has 6 amide bonds. The molecule has 38 nitrogen and oxygen atoms in total. The number of amides is 6. The number of carbonyl (C=O) groups excluding carboxylic acids is 7. The zero-order valence-electron chi connectivity index (χ0n) is 52.4. The van der Waals surface area contributed by atoms with E-state index in [2.05, 4.69) is 47.9 Å². The van der Waals surface area contributed by atoms with Gasteiger partial charge in [-0.1, -0.05) is 55.5 Å². The van der Waals surface area contributed by atoms with Gasteiger partial charge in [0, 0.05) is 31.0 Å². The number of carbonyl (C=O) groups is 7. The van der Waals surface area contributed by atoms with Gasteiger partial charge < -0.3 is 148 Å². The van der Waals surface area contributed by atoms with Crippen LogP contribution in [-0.4, -0.2) is 317 Å². The summed E-state index contributed by atoms with van der Waals surface area (Å²) in [5.74, 6) is -10.3. The maximum absolute atomic E-state index is 15.2. The van der Waals surface area contributed by atoms with Crippen molar-refractivity contribution in [3.63, 3.8) is 0 Å². The van der Waals surface area contributed by atoms with Crippen LogP contribution in [0.5, 0.6) is 5.75 Å². The predicted molar refractivity (Wildman–Crippen MR) is 325 cm³/mol. The molecule has 25 unspecified atom stereocenters. The van der Waals surface area contributed by atoms with Gasteiger partial charge in [0.15, 0.2) is 30.5 Å². The Labute approximate surface area is 552 Å². The molecule has 0 spiro atoms. The SMILES string of the molecule is C/C=C(\C)C(=O)OC1C(CO)OC(OC2C(CO)OC(Oc3ccc(CC4NC(=O)C(C(C)c5ccccc5)NC(=O)CNC(=O)C(CO)NC(=O)C(C(O)C5CNC(=N)N5C5OC(CO)C(O)C(O)C5O)NC(=O)C(C(O)C5CNC(=N)N5)NC4=O)cc3)C(O)C2O)C(O)C1O. The van der Waals surface area contributed by atoms with Gasteiger partial charge in [0.2, 0.25) is 41.7 Å². The molecule has 8 rings (SSSR count). The first-order valence-electron chi connectivity index (χ1n) is 31.0. The number of ether oxygens (including phenoxy) is 6. The topological polar surface area (TPSA) is 597 Å². The van der Waals surface area contributed by atoms with Crippen LogP contribution in [-0.2, 0) is 63.7 Å². The highest BCUT2D eigenvalue weighted by atomic mass is 16.7. The van der Waals surface area contributed by atoms with Crippen LogP contribution in [0.25, 0.3) is 0 Å². The van der Waals surface area contributed by atoms with Gasteiger partial charge in [0.25, 0.3) is 0 Å². The summed E-state index contributed by atoms with van der Waals surface area (Å²) in [5, 5.41) is 181. The number of hydrogen-bond acceptors (Lipinski definition) is 28. The number of nitrogens with zero attached hydrogens (tertiary/aromatic N) is 1. The fourth-order valence-electron chi connectivity index (χ4n) is 11.7. The van der Waals surface area contributed by atoms with Gasteiger partial charge in [-0.25, -0.2) is 4.79 Å². The van der Waals surface area contributed by atoms with E-state index in [1.807, 2.05) is 0 Å². The summed E-state index contributed by atoms with van der Waals surface area (Å²) in [7, 11) is 0. The second-order valence-electron chi connectivity index (χ2n) is 24.0. The predicted octanol–water partition coefficient (Wildman–Crippen LogP) is -11.7. The Morgan fingerprint density at radius 1 is 0.608 bits per heavy atom. The lowest BCUT2D eigenvalue weighted by molar-refractivity contribution is -0.352. The smallest absolute Gasteiger partial charge is 0.333 e. The van der Waals surface area contributed by atoms with E-state index < -0.39 is 246 Å². The van der Waals surface area contributed by atoms with Gasteiger partial charge in [-0.2, -0.15) is 0 Å². The average molecular weight is 1380 g/mol. The van der Waals surface area contributed by atoms with Crippen molar-refractivity contribution in [1.82, 2.24) is 52.8 Å². The van der Waals surface area contributed by atoms with Gasteiger partial charge in [-0.15, -0.1) is 0 Å². The number of allylic oxidation sites excluding steroid dienone is 1. The number of aliphatic hydroxyl groups excluding tert-OH is 13. The minimum Gasteiger partial charge on any atom is -0.462 e. The summed E-state index contributed by atoms with van der Waals surface area (Å²) in [6, 6.07) is 0.615. The fraction of sp³-hybridized carbons (Fsp3) is 0.610. The van der Waals surface area contributed by atoms with Crippen LogP contribution < -0.4 is 52.6 Å². The molecule has 6 fully saturated rings. The molecular formula is C59H84N12O26. The molecule has 6 aliphatic heterocycles. The third kappa shape index (κ3) is 17.2. The highest BCUT2D eigenvalue weighted by Gasteiger charge is 2.55.